The molecule has 0 saturated heterocycles. The normalized spacial score (nSPS) is 28.0. The molecular weight excluding hydrogens is 392 g/mol. The highest BCUT2D eigenvalue weighted by Gasteiger charge is 2.32. The van der Waals surface area contributed by atoms with Crippen LogP contribution >= 0.6 is 0 Å². The monoisotopic (exact) mass is 426 g/mol. The van der Waals surface area contributed by atoms with E-state index in [1.165, 1.54) is 63.9 Å². The fraction of sp³-hybridized carbons (Fsp3) is 0.680. The molecule has 1 aromatic carbocycles. The number of hydrogen-bond donors (Lipinski definition) is 0. The van der Waals surface area contributed by atoms with Crippen LogP contribution in [0.2, 0.25) is 0 Å². The maximum Gasteiger partial charge on any atom is 0.573 e. The lowest BCUT2D eigenvalue weighted by molar-refractivity contribution is -0.275. The van der Waals surface area contributed by atoms with Crippen LogP contribution in [0.1, 0.15) is 83.1 Å². The minimum atomic E-state index is -4.88. The highest BCUT2D eigenvalue weighted by atomic mass is 19.4. The van der Waals surface area contributed by atoms with Crippen LogP contribution in [0.5, 0.6) is 5.75 Å². The van der Waals surface area contributed by atoms with Crippen LogP contribution in [-0.2, 0) is 0 Å². The minimum absolute atomic E-state index is 0.549. The van der Waals surface area contributed by atoms with E-state index in [2.05, 4.69) is 11.7 Å². The summed E-state index contributed by atoms with van der Waals surface area (Å²) in [5.41, 5.74) is 0.549. The third-order valence-corrected chi connectivity index (χ3v) is 7.26. The van der Waals surface area contributed by atoms with Crippen LogP contribution in [0.25, 0.3) is 6.08 Å². The largest absolute Gasteiger partial charge is 0.573 e. The van der Waals surface area contributed by atoms with E-state index in [9.17, 15) is 17.6 Å². The first-order valence-electron chi connectivity index (χ1n) is 11.6. The van der Waals surface area contributed by atoms with Crippen LogP contribution in [-0.4, -0.2) is 6.36 Å². The standard InChI is InChI=1S/C25H34F4O/c1-2-18-7-12-21(13-8-18)22-14-9-19(10-15-22)5-3-4-6-20-11-16-24(23(26)17-20)30-25(27,28)29/h4,6,11,16-19,21-22H,2-3,5,7-10,12-15H2,1H3. The Morgan fingerprint density at radius 3 is 2.07 bits per heavy atom. The van der Waals surface area contributed by atoms with Crippen LogP contribution in [0.3, 0.4) is 0 Å². The zero-order chi connectivity index (χ0) is 21.6. The Bertz CT molecular complexity index is 681. The van der Waals surface area contributed by atoms with Crippen molar-refractivity contribution in [3.8, 4) is 5.75 Å². The third kappa shape index (κ3) is 7.02. The van der Waals surface area contributed by atoms with E-state index in [1.807, 2.05) is 6.08 Å². The number of halogens is 4. The third-order valence-electron chi connectivity index (χ3n) is 7.26. The summed E-state index contributed by atoms with van der Waals surface area (Å²) in [5.74, 6) is 1.81. The fourth-order valence-corrected chi connectivity index (χ4v) is 5.40. The van der Waals surface area contributed by atoms with Crippen molar-refractivity contribution in [2.45, 2.75) is 83.9 Å². The van der Waals surface area contributed by atoms with Crippen molar-refractivity contribution in [1.29, 1.82) is 0 Å². The van der Waals surface area contributed by atoms with E-state index in [1.54, 1.807) is 6.08 Å². The van der Waals surface area contributed by atoms with Gasteiger partial charge in [-0.3, -0.25) is 0 Å². The van der Waals surface area contributed by atoms with Crippen molar-refractivity contribution in [3.63, 3.8) is 0 Å². The van der Waals surface area contributed by atoms with Crippen LogP contribution in [0.4, 0.5) is 17.6 Å². The molecule has 168 valence electrons. The summed E-state index contributed by atoms with van der Waals surface area (Å²) in [6.07, 6.45) is 13.3. The fourth-order valence-electron chi connectivity index (χ4n) is 5.40. The number of hydrogen-bond acceptors (Lipinski definition) is 1. The highest BCUT2D eigenvalue weighted by Crippen LogP contribution is 2.42. The molecule has 2 fully saturated rings. The lowest BCUT2D eigenvalue weighted by Crippen LogP contribution is -2.25. The molecule has 0 spiro atoms. The Kier molecular flexibility index (Phi) is 8.24. The van der Waals surface area contributed by atoms with E-state index < -0.39 is 17.9 Å². The SMILES string of the molecule is CCC1CCC(C2CCC(CCC=Cc3ccc(OC(F)(F)F)c(F)c3)CC2)CC1. The second-order valence-corrected chi connectivity index (χ2v) is 9.19. The molecule has 2 saturated carbocycles. The second kappa shape index (κ2) is 10.7. The smallest absolute Gasteiger partial charge is 0.403 e. The molecule has 0 aliphatic heterocycles. The molecule has 3 rings (SSSR count). The molecule has 0 heterocycles. The summed E-state index contributed by atoms with van der Waals surface area (Å²) in [6, 6.07) is 3.55. The summed E-state index contributed by atoms with van der Waals surface area (Å²) >= 11 is 0. The van der Waals surface area contributed by atoms with Crippen molar-refractivity contribution in [2.75, 3.05) is 0 Å². The molecule has 0 unspecified atom stereocenters. The number of rotatable bonds is 7. The molecule has 2 aliphatic rings. The van der Waals surface area contributed by atoms with Gasteiger partial charge in [-0.2, -0.15) is 0 Å². The van der Waals surface area contributed by atoms with Gasteiger partial charge in [-0.15, -0.1) is 13.2 Å². The van der Waals surface area contributed by atoms with Crippen LogP contribution in [0, 0.1) is 29.5 Å². The minimum Gasteiger partial charge on any atom is -0.403 e. The molecule has 2 aliphatic carbocycles. The predicted molar refractivity (Wildman–Crippen MR) is 113 cm³/mol. The number of ether oxygens (including phenoxy) is 1. The van der Waals surface area contributed by atoms with Gasteiger partial charge in [-0.25, -0.2) is 4.39 Å². The molecule has 5 heteroatoms. The van der Waals surface area contributed by atoms with Gasteiger partial charge >= 0.3 is 6.36 Å². The Balaban J connectivity index is 1.37. The molecule has 0 bridgehead atoms. The Morgan fingerprint density at radius 2 is 1.53 bits per heavy atom. The summed E-state index contributed by atoms with van der Waals surface area (Å²) in [6.45, 7) is 2.32. The van der Waals surface area contributed by atoms with Gasteiger partial charge in [0, 0.05) is 0 Å². The number of benzene rings is 1. The van der Waals surface area contributed by atoms with Crippen molar-refractivity contribution in [2.24, 2.45) is 23.7 Å². The van der Waals surface area contributed by atoms with E-state index in [-0.39, 0.29) is 0 Å². The van der Waals surface area contributed by atoms with Gasteiger partial charge in [0.25, 0.3) is 0 Å². The topological polar surface area (TPSA) is 9.23 Å². The molecule has 1 nitrogen and oxygen atoms in total. The quantitative estimate of drug-likeness (QED) is 0.397. The molecule has 0 amide bonds. The lowest BCUT2D eigenvalue weighted by atomic mass is 9.68. The van der Waals surface area contributed by atoms with E-state index in [0.717, 1.165) is 48.6 Å². The summed E-state index contributed by atoms with van der Waals surface area (Å²) in [4.78, 5) is 0. The van der Waals surface area contributed by atoms with Gasteiger partial charge < -0.3 is 4.74 Å². The molecule has 1 aromatic rings. The molecule has 30 heavy (non-hydrogen) atoms. The van der Waals surface area contributed by atoms with Crippen molar-refractivity contribution in [3.05, 3.63) is 35.7 Å². The Morgan fingerprint density at radius 1 is 0.933 bits per heavy atom. The molecule has 0 atom stereocenters. The van der Waals surface area contributed by atoms with Gasteiger partial charge in [-0.1, -0.05) is 57.2 Å². The van der Waals surface area contributed by atoms with Gasteiger partial charge in [0.1, 0.15) is 0 Å². The number of allylic oxidation sites excluding steroid dienone is 1. The summed E-state index contributed by atoms with van der Waals surface area (Å²) < 4.78 is 54.0. The first kappa shape index (κ1) is 23.1. The van der Waals surface area contributed by atoms with Crippen molar-refractivity contribution >= 4 is 6.08 Å². The van der Waals surface area contributed by atoms with Gasteiger partial charge in [0.2, 0.25) is 0 Å². The van der Waals surface area contributed by atoms with E-state index >= 15 is 0 Å². The summed E-state index contributed by atoms with van der Waals surface area (Å²) in [5, 5.41) is 0. The number of alkyl halides is 3. The molecule has 0 N–H and O–H groups in total. The van der Waals surface area contributed by atoms with Crippen LogP contribution in [0.15, 0.2) is 24.3 Å². The average molecular weight is 427 g/mol. The van der Waals surface area contributed by atoms with E-state index in [4.69, 9.17) is 0 Å². The first-order valence-corrected chi connectivity index (χ1v) is 11.6. The lowest BCUT2D eigenvalue weighted by Gasteiger charge is -2.37. The zero-order valence-corrected chi connectivity index (χ0v) is 17.9. The predicted octanol–water partition coefficient (Wildman–Crippen LogP) is 8.54. The van der Waals surface area contributed by atoms with Gasteiger partial charge in [0.05, 0.1) is 0 Å². The maximum atomic E-state index is 13.8. The van der Waals surface area contributed by atoms with Crippen molar-refractivity contribution < 1.29 is 22.3 Å². The van der Waals surface area contributed by atoms with Crippen molar-refractivity contribution in [1.82, 2.24) is 0 Å². The second-order valence-electron chi connectivity index (χ2n) is 9.19. The average Bonchev–Trinajstić information content (AvgIpc) is 2.73. The highest BCUT2D eigenvalue weighted by molar-refractivity contribution is 5.51. The van der Waals surface area contributed by atoms with E-state index in [0.29, 0.717) is 5.56 Å². The molecule has 0 aromatic heterocycles. The van der Waals surface area contributed by atoms with Gasteiger partial charge in [-0.05, 0) is 79.9 Å². The molecular formula is C25H34F4O. The Labute approximate surface area is 177 Å². The molecule has 0 radical (unpaired) electrons. The van der Waals surface area contributed by atoms with Crippen LogP contribution < -0.4 is 4.74 Å². The summed E-state index contributed by atoms with van der Waals surface area (Å²) in [7, 11) is 0. The first-order chi connectivity index (χ1) is 14.3. The Hall–Kier alpha value is -1.52. The zero-order valence-electron chi connectivity index (χ0n) is 17.9. The van der Waals surface area contributed by atoms with Gasteiger partial charge in [0.15, 0.2) is 11.6 Å². The maximum absolute atomic E-state index is 13.8.